The van der Waals surface area contributed by atoms with Crippen molar-refractivity contribution >= 4 is 53.3 Å². The quantitative estimate of drug-likeness (QED) is 0.586. The molecule has 0 amide bonds. The van der Waals surface area contributed by atoms with Gasteiger partial charge < -0.3 is 0 Å². The molecule has 0 aliphatic rings. The van der Waals surface area contributed by atoms with Crippen LogP contribution in [0.5, 0.6) is 0 Å². The van der Waals surface area contributed by atoms with Gasteiger partial charge in [-0.25, -0.2) is 0 Å². The molecule has 0 aliphatic heterocycles. The monoisotopic (exact) mass is 502 g/mol. The summed E-state index contributed by atoms with van der Waals surface area (Å²) >= 11 is -1.32. The van der Waals surface area contributed by atoms with Gasteiger partial charge in [0.15, 0.2) is 0 Å². The van der Waals surface area contributed by atoms with Crippen LogP contribution in [0.15, 0.2) is 48.5 Å². The fourth-order valence-electron chi connectivity index (χ4n) is 1.52. The molecular formula is C14H10O4Te2. The average Bonchev–Trinajstić information content (AvgIpc) is 2.45. The molecule has 2 N–H and O–H groups in total. The van der Waals surface area contributed by atoms with Crippen LogP contribution in [-0.2, 0) is 0 Å². The molecule has 0 saturated heterocycles. The number of carboxylic acid groups (broad SMARTS) is 2. The number of hydrogen-bond donors (Lipinski definition) is 2. The molecule has 20 heavy (non-hydrogen) atoms. The first-order chi connectivity index (χ1) is 9.59. The Morgan fingerprint density at radius 1 is 0.700 bits per heavy atom. The van der Waals surface area contributed by atoms with Crippen molar-refractivity contribution in [2.75, 3.05) is 0 Å². The van der Waals surface area contributed by atoms with Gasteiger partial charge in [-0.1, -0.05) is 0 Å². The van der Waals surface area contributed by atoms with Crippen molar-refractivity contribution in [1.82, 2.24) is 0 Å². The van der Waals surface area contributed by atoms with E-state index in [1.54, 1.807) is 24.3 Å². The van der Waals surface area contributed by atoms with Crippen LogP contribution in [0, 0.1) is 0 Å². The maximum atomic E-state index is 11.1. The summed E-state index contributed by atoms with van der Waals surface area (Å²) in [5.41, 5.74) is 0.709. The van der Waals surface area contributed by atoms with Crippen molar-refractivity contribution in [3.8, 4) is 0 Å². The molecular weight excluding hydrogens is 487 g/mol. The fraction of sp³-hybridized carbons (Fsp3) is 0. The molecule has 0 unspecified atom stereocenters. The average molecular weight is 497 g/mol. The van der Waals surface area contributed by atoms with Crippen LogP contribution < -0.4 is 7.22 Å². The maximum absolute atomic E-state index is 11.1. The van der Waals surface area contributed by atoms with Crippen LogP contribution in [0.4, 0.5) is 0 Å². The summed E-state index contributed by atoms with van der Waals surface area (Å²) in [5.74, 6) is -1.82. The van der Waals surface area contributed by atoms with E-state index in [-0.39, 0.29) is 0 Å². The summed E-state index contributed by atoms with van der Waals surface area (Å²) in [7, 11) is 0. The van der Waals surface area contributed by atoms with E-state index in [0.717, 1.165) is 7.22 Å². The molecule has 0 aromatic heterocycles. The third kappa shape index (κ3) is 3.75. The summed E-state index contributed by atoms with van der Waals surface area (Å²) in [6.07, 6.45) is 0. The number of carboxylic acids is 2. The molecule has 0 spiro atoms. The summed E-state index contributed by atoms with van der Waals surface area (Å²) in [6, 6.07) is 14.0. The Morgan fingerprint density at radius 2 is 1.05 bits per heavy atom. The van der Waals surface area contributed by atoms with E-state index in [9.17, 15) is 9.59 Å². The molecule has 0 atom stereocenters. The van der Waals surface area contributed by atoms with Gasteiger partial charge in [0.25, 0.3) is 0 Å². The zero-order valence-corrected chi connectivity index (χ0v) is 14.8. The predicted octanol–water partition coefficient (Wildman–Crippen LogP) is 0.357. The van der Waals surface area contributed by atoms with Crippen molar-refractivity contribution in [2.24, 2.45) is 0 Å². The van der Waals surface area contributed by atoms with Crippen LogP contribution in [0.2, 0.25) is 0 Å². The van der Waals surface area contributed by atoms with Gasteiger partial charge in [-0.3, -0.25) is 0 Å². The normalized spacial score (nSPS) is 10.2. The summed E-state index contributed by atoms with van der Waals surface area (Å²) < 4.78 is 1.79. The molecule has 102 valence electrons. The van der Waals surface area contributed by atoms with Crippen molar-refractivity contribution in [3.63, 3.8) is 0 Å². The molecule has 2 rings (SSSR count). The Hall–Kier alpha value is -1.04. The van der Waals surface area contributed by atoms with Gasteiger partial charge in [-0.05, 0) is 0 Å². The summed E-state index contributed by atoms with van der Waals surface area (Å²) in [5, 5.41) is 18.3. The van der Waals surface area contributed by atoms with Crippen LogP contribution >= 0.6 is 0 Å². The fourth-order valence-corrected chi connectivity index (χ4v) is 13.2. The molecule has 2 aromatic carbocycles. The van der Waals surface area contributed by atoms with Crippen molar-refractivity contribution < 1.29 is 19.8 Å². The van der Waals surface area contributed by atoms with Gasteiger partial charge in [0.1, 0.15) is 0 Å². The van der Waals surface area contributed by atoms with Gasteiger partial charge in [0.2, 0.25) is 0 Å². The van der Waals surface area contributed by atoms with Crippen LogP contribution in [0.3, 0.4) is 0 Å². The third-order valence-corrected chi connectivity index (χ3v) is 14.2. The van der Waals surface area contributed by atoms with Crippen LogP contribution in [-0.4, -0.2) is 56.3 Å². The number of benzene rings is 2. The molecule has 2 aromatic rings. The van der Waals surface area contributed by atoms with Crippen LogP contribution in [0.1, 0.15) is 20.7 Å². The second-order valence-corrected chi connectivity index (χ2v) is 13.6. The predicted molar refractivity (Wildman–Crippen MR) is 77.6 cm³/mol. The summed E-state index contributed by atoms with van der Waals surface area (Å²) in [6.45, 7) is 0. The third-order valence-electron chi connectivity index (χ3n) is 2.46. The summed E-state index contributed by atoms with van der Waals surface area (Å²) in [4.78, 5) is 22.3. The zero-order chi connectivity index (χ0) is 14.5. The minimum atomic E-state index is -0.912. The molecule has 0 bridgehead atoms. The Kier molecular flexibility index (Phi) is 5.45. The minimum absolute atomic E-state index is 0.354. The van der Waals surface area contributed by atoms with Gasteiger partial charge in [0.05, 0.1) is 0 Å². The van der Waals surface area contributed by atoms with Crippen molar-refractivity contribution in [2.45, 2.75) is 0 Å². The van der Waals surface area contributed by atoms with E-state index < -0.39 is 46.1 Å². The number of hydrogen-bond acceptors (Lipinski definition) is 2. The molecule has 0 heterocycles. The Morgan fingerprint density at radius 3 is 1.40 bits per heavy atom. The molecule has 0 aliphatic carbocycles. The first kappa shape index (κ1) is 15.3. The van der Waals surface area contributed by atoms with E-state index in [2.05, 4.69) is 0 Å². The SMILES string of the molecule is O=C(O)c1ccccc1[Te][Te]c1ccccc1C(=O)O. The number of rotatable bonds is 5. The van der Waals surface area contributed by atoms with Gasteiger partial charge in [0, 0.05) is 0 Å². The van der Waals surface area contributed by atoms with E-state index in [1.807, 2.05) is 24.3 Å². The van der Waals surface area contributed by atoms with E-state index in [1.165, 1.54) is 0 Å². The second kappa shape index (κ2) is 7.11. The standard InChI is InChI=1S/C14H10O4Te2/c15-13(16)9-5-1-3-7-11(9)19-20-12-8-4-2-6-10(12)14(17)18/h1-8H,(H,15,16)(H,17,18). The van der Waals surface area contributed by atoms with Crippen LogP contribution in [0.25, 0.3) is 0 Å². The van der Waals surface area contributed by atoms with Gasteiger partial charge in [-0.2, -0.15) is 0 Å². The van der Waals surface area contributed by atoms with Crippen molar-refractivity contribution in [1.29, 1.82) is 0 Å². The van der Waals surface area contributed by atoms with E-state index in [0.29, 0.717) is 11.1 Å². The molecule has 0 saturated carbocycles. The number of carbonyl (C=O) groups is 2. The van der Waals surface area contributed by atoms with E-state index >= 15 is 0 Å². The van der Waals surface area contributed by atoms with E-state index in [4.69, 9.17) is 10.2 Å². The van der Waals surface area contributed by atoms with Gasteiger partial charge in [-0.15, -0.1) is 0 Å². The topological polar surface area (TPSA) is 74.6 Å². The Bertz CT molecular complexity index is 598. The van der Waals surface area contributed by atoms with Crippen molar-refractivity contribution in [3.05, 3.63) is 59.7 Å². The first-order valence-corrected chi connectivity index (χ1v) is 15.2. The second-order valence-electron chi connectivity index (χ2n) is 3.77. The molecule has 0 radical (unpaired) electrons. The first-order valence-electron chi connectivity index (χ1n) is 5.59. The Labute approximate surface area is 132 Å². The Balaban J connectivity index is 2.22. The zero-order valence-electron chi connectivity index (χ0n) is 10.1. The number of aromatic carboxylic acids is 2. The molecule has 4 nitrogen and oxygen atoms in total. The molecule has 0 fully saturated rings. The molecule has 6 heteroatoms. The van der Waals surface area contributed by atoms with Gasteiger partial charge >= 0.3 is 133 Å².